The first-order valence-electron chi connectivity index (χ1n) is 7.16. The smallest absolute Gasteiger partial charge is 0.315 e. The first-order chi connectivity index (χ1) is 9.14. The van der Waals surface area contributed by atoms with Gasteiger partial charge in [0.05, 0.1) is 5.75 Å². The Bertz CT molecular complexity index is 421. The minimum atomic E-state index is -3.10. The molecular formula is C13H27N3O3S. The van der Waals surface area contributed by atoms with Gasteiger partial charge in [0.2, 0.25) is 10.0 Å². The molecule has 1 heterocycles. The van der Waals surface area contributed by atoms with Crippen molar-refractivity contribution in [1.82, 2.24) is 14.9 Å². The molecule has 20 heavy (non-hydrogen) atoms. The Morgan fingerprint density at radius 2 is 1.80 bits per heavy atom. The SMILES string of the molecule is CCS(=O)(=O)N1CCC(NC(=O)NCC(C)(C)C)CC1. The number of hydrogen-bond donors (Lipinski definition) is 2. The fraction of sp³-hybridized carbons (Fsp3) is 0.923. The maximum Gasteiger partial charge on any atom is 0.315 e. The summed E-state index contributed by atoms with van der Waals surface area (Å²) in [5.41, 5.74) is 0.0515. The van der Waals surface area contributed by atoms with Crippen LogP contribution in [0.3, 0.4) is 0 Å². The largest absolute Gasteiger partial charge is 0.338 e. The Kier molecular flexibility index (Phi) is 5.82. The fourth-order valence-electron chi connectivity index (χ4n) is 2.04. The van der Waals surface area contributed by atoms with Gasteiger partial charge in [-0.2, -0.15) is 0 Å². The van der Waals surface area contributed by atoms with E-state index >= 15 is 0 Å². The van der Waals surface area contributed by atoms with E-state index in [1.807, 2.05) is 0 Å². The van der Waals surface area contributed by atoms with E-state index in [9.17, 15) is 13.2 Å². The maximum atomic E-state index is 11.7. The second-order valence-corrected chi connectivity index (χ2v) is 8.72. The third kappa shape index (κ3) is 5.66. The molecule has 1 aliphatic rings. The molecule has 1 saturated heterocycles. The van der Waals surface area contributed by atoms with Crippen molar-refractivity contribution < 1.29 is 13.2 Å². The zero-order valence-electron chi connectivity index (χ0n) is 12.9. The van der Waals surface area contributed by atoms with Gasteiger partial charge in [-0.3, -0.25) is 0 Å². The summed E-state index contributed by atoms with van der Waals surface area (Å²) in [5.74, 6) is 0.136. The zero-order chi connectivity index (χ0) is 15.4. The maximum absolute atomic E-state index is 11.7. The van der Waals surface area contributed by atoms with Gasteiger partial charge >= 0.3 is 6.03 Å². The third-order valence-corrected chi connectivity index (χ3v) is 5.21. The molecule has 0 radical (unpaired) electrons. The summed E-state index contributed by atoms with van der Waals surface area (Å²) >= 11 is 0. The fourth-order valence-corrected chi connectivity index (χ4v) is 3.18. The highest BCUT2D eigenvalue weighted by molar-refractivity contribution is 7.89. The molecule has 6 nitrogen and oxygen atoms in total. The number of carbonyl (C=O) groups is 1. The lowest BCUT2D eigenvalue weighted by Gasteiger charge is -2.31. The van der Waals surface area contributed by atoms with Crippen LogP contribution >= 0.6 is 0 Å². The first kappa shape index (κ1) is 17.2. The van der Waals surface area contributed by atoms with E-state index in [0.717, 1.165) is 0 Å². The summed E-state index contributed by atoms with van der Waals surface area (Å²) in [7, 11) is -3.10. The van der Waals surface area contributed by atoms with Crippen LogP contribution in [0.2, 0.25) is 0 Å². The normalized spacial score (nSPS) is 18.8. The van der Waals surface area contributed by atoms with Crippen LogP contribution in [0.5, 0.6) is 0 Å². The summed E-state index contributed by atoms with van der Waals surface area (Å²) in [4.78, 5) is 11.7. The average molecular weight is 305 g/mol. The summed E-state index contributed by atoms with van der Waals surface area (Å²) < 4.78 is 25.0. The lowest BCUT2D eigenvalue weighted by Crippen LogP contribution is -2.50. The van der Waals surface area contributed by atoms with E-state index in [1.165, 1.54) is 4.31 Å². The van der Waals surface area contributed by atoms with Crippen molar-refractivity contribution in [1.29, 1.82) is 0 Å². The third-order valence-electron chi connectivity index (χ3n) is 3.33. The number of urea groups is 1. The van der Waals surface area contributed by atoms with Crippen molar-refractivity contribution >= 4 is 16.1 Å². The van der Waals surface area contributed by atoms with Gasteiger partial charge in [0.25, 0.3) is 0 Å². The van der Waals surface area contributed by atoms with Crippen molar-refractivity contribution in [3.63, 3.8) is 0 Å². The van der Waals surface area contributed by atoms with Crippen molar-refractivity contribution in [2.45, 2.75) is 46.6 Å². The van der Waals surface area contributed by atoms with Gasteiger partial charge < -0.3 is 10.6 Å². The number of rotatable bonds is 4. The molecule has 1 rings (SSSR count). The lowest BCUT2D eigenvalue weighted by atomic mass is 9.97. The molecule has 118 valence electrons. The van der Waals surface area contributed by atoms with Crippen LogP contribution in [-0.2, 0) is 10.0 Å². The molecule has 0 atom stereocenters. The summed E-state index contributed by atoms with van der Waals surface area (Å²) in [6.45, 7) is 9.41. The van der Waals surface area contributed by atoms with Crippen molar-refractivity contribution in [2.75, 3.05) is 25.4 Å². The molecule has 0 aromatic rings. The number of nitrogens with one attached hydrogen (secondary N) is 2. The molecule has 0 saturated carbocycles. The van der Waals surface area contributed by atoms with E-state index in [4.69, 9.17) is 0 Å². The van der Waals surface area contributed by atoms with Crippen LogP contribution in [0.25, 0.3) is 0 Å². The molecule has 2 N–H and O–H groups in total. The standard InChI is InChI=1S/C13H27N3O3S/c1-5-20(18,19)16-8-6-11(7-9-16)15-12(17)14-10-13(2,3)4/h11H,5-10H2,1-4H3,(H2,14,15,17). The summed E-state index contributed by atoms with van der Waals surface area (Å²) in [5, 5.41) is 5.75. The highest BCUT2D eigenvalue weighted by atomic mass is 32.2. The van der Waals surface area contributed by atoms with Crippen molar-refractivity contribution in [2.24, 2.45) is 5.41 Å². The minimum absolute atomic E-state index is 0.0515. The van der Waals surface area contributed by atoms with Gasteiger partial charge in [-0.25, -0.2) is 17.5 Å². The van der Waals surface area contributed by atoms with Crippen LogP contribution in [0.1, 0.15) is 40.5 Å². The Morgan fingerprint density at radius 3 is 2.25 bits per heavy atom. The molecule has 0 aliphatic carbocycles. The van der Waals surface area contributed by atoms with E-state index < -0.39 is 10.0 Å². The molecule has 0 bridgehead atoms. The number of nitrogens with zero attached hydrogens (tertiary/aromatic N) is 1. The van der Waals surface area contributed by atoms with Gasteiger partial charge in [0, 0.05) is 25.7 Å². The average Bonchev–Trinajstić information content (AvgIpc) is 2.36. The van der Waals surface area contributed by atoms with E-state index in [2.05, 4.69) is 31.4 Å². The number of sulfonamides is 1. The molecule has 7 heteroatoms. The molecule has 1 aliphatic heterocycles. The zero-order valence-corrected chi connectivity index (χ0v) is 13.7. The Labute approximate surface area is 122 Å². The van der Waals surface area contributed by atoms with Crippen LogP contribution in [-0.4, -0.2) is 50.2 Å². The Balaban J connectivity index is 2.34. The quantitative estimate of drug-likeness (QED) is 0.817. The minimum Gasteiger partial charge on any atom is -0.338 e. The number of amides is 2. The Hall–Kier alpha value is -0.820. The van der Waals surface area contributed by atoms with Crippen molar-refractivity contribution in [3.05, 3.63) is 0 Å². The topological polar surface area (TPSA) is 78.5 Å². The predicted octanol–water partition coefficient (Wildman–Crippen LogP) is 1.15. The highest BCUT2D eigenvalue weighted by Gasteiger charge is 2.27. The number of carbonyl (C=O) groups excluding carboxylic acids is 1. The van der Waals surface area contributed by atoms with Crippen molar-refractivity contribution in [3.8, 4) is 0 Å². The van der Waals surface area contributed by atoms with Crippen LogP contribution in [0.15, 0.2) is 0 Å². The highest BCUT2D eigenvalue weighted by Crippen LogP contribution is 2.14. The molecule has 0 spiro atoms. The van der Waals surface area contributed by atoms with Crippen LogP contribution in [0, 0.1) is 5.41 Å². The molecular weight excluding hydrogens is 278 g/mol. The Morgan fingerprint density at radius 1 is 1.25 bits per heavy atom. The van der Waals surface area contributed by atoms with Gasteiger partial charge in [0.15, 0.2) is 0 Å². The second kappa shape index (κ2) is 6.76. The van der Waals surface area contributed by atoms with Crippen LogP contribution < -0.4 is 10.6 Å². The lowest BCUT2D eigenvalue weighted by molar-refractivity contribution is 0.223. The molecule has 1 fully saturated rings. The molecule has 0 aromatic carbocycles. The molecule has 2 amide bonds. The first-order valence-corrected chi connectivity index (χ1v) is 8.77. The van der Waals surface area contributed by atoms with E-state index in [-0.39, 0.29) is 23.2 Å². The van der Waals surface area contributed by atoms with Gasteiger partial charge in [-0.05, 0) is 25.2 Å². The predicted molar refractivity (Wildman–Crippen MR) is 80.0 cm³/mol. The molecule has 0 unspecified atom stereocenters. The van der Waals surface area contributed by atoms with Gasteiger partial charge in [-0.1, -0.05) is 20.8 Å². The van der Waals surface area contributed by atoms with Crippen LogP contribution in [0.4, 0.5) is 4.79 Å². The van der Waals surface area contributed by atoms with Gasteiger partial charge in [0.1, 0.15) is 0 Å². The number of hydrogen-bond acceptors (Lipinski definition) is 3. The van der Waals surface area contributed by atoms with Gasteiger partial charge in [-0.15, -0.1) is 0 Å². The van der Waals surface area contributed by atoms with E-state index in [0.29, 0.717) is 32.5 Å². The summed E-state index contributed by atoms with van der Waals surface area (Å²) in [6, 6.07) is -0.116. The second-order valence-electron chi connectivity index (χ2n) is 6.46. The molecule has 0 aromatic heterocycles. The monoisotopic (exact) mass is 305 g/mol. The summed E-state index contributed by atoms with van der Waals surface area (Å²) in [6.07, 6.45) is 1.34. The number of piperidine rings is 1. The van der Waals surface area contributed by atoms with E-state index in [1.54, 1.807) is 6.92 Å².